The number of allylic oxidation sites excluding steroid dienone is 1. The van der Waals surface area contributed by atoms with Gasteiger partial charge in [0.15, 0.2) is 5.11 Å². The molecule has 2 aromatic heterocycles. The van der Waals surface area contributed by atoms with E-state index in [9.17, 15) is 4.39 Å². The summed E-state index contributed by atoms with van der Waals surface area (Å²) in [6, 6.07) is 9.96. The van der Waals surface area contributed by atoms with Gasteiger partial charge in [-0.2, -0.15) is 4.98 Å². The van der Waals surface area contributed by atoms with Gasteiger partial charge >= 0.3 is 0 Å². The maximum Gasteiger partial charge on any atom is 0.258 e. The van der Waals surface area contributed by atoms with Crippen molar-refractivity contribution in [3.63, 3.8) is 0 Å². The molecule has 3 aromatic rings. The highest BCUT2D eigenvalue weighted by atomic mass is 32.1. The molecule has 1 aromatic carbocycles. The number of halogens is 1. The lowest BCUT2D eigenvalue weighted by Gasteiger charge is -2.38. The van der Waals surface area contributed by atoms with Crippen LogP contribution in [0.5, 0.6) is 0 Å². The first-order valence-electron chi connectivity index (χ1n) is 10.1. The Morgan fingerprint density at radius 3 is 2.97 bits per heavy atom. The Morgan fingerprint density at radius 2 is 2.23 bits per heavy atom. The molecular formula is C22H21FN4O2S2. The minimum absolute atomic E-state index is 0.117. The molecule has 0 bridgehead atoms. The molecule has 4 heterocycles. The molecule has 5 rings (SSSR count). The van der Waals surface area contributed by atoms with Crippen molar-refractivity contribution in [3.8, 4) is 10.7 Å². The van der Waals surface area contributed by atoms with Gasteiger partial charge in [-0.15, -0.1) is 11.3 Å². The zero-order valence-electron chi connectivity index (χ0n) is 16.9. The van der Waals surface area contributed by atoms with Crippen LogP contribution in [0, 0.1) is 5.82 Å². The van der Waals surface area contributed by atoms with Crippen molar-refractivity contribution < 1.29 is 13.7 Å². The van der Waals surface area contributed by atoms with Crippen LogP contribution in [0.1, 0.15) is 37.3 Å². The quantitative estimate of drug-likeness (QED) is 0.555. The third-order valence-electron chi connectivity index (χ3n) is 5.59. The lowest BCUT2D eigenvalue weighted by Crippen LogP contribution is -2.48. The molecule has 1 saturated heterocycles. The molecule has 0 aliphatic carbocycles. The van der Waals surface area contributed by atoms with E-state index in [4.69, 9.17) is 21.5 Å². The number of aromatic nitrogens is 2. The molecule has 2 atom stereocenters. The fourth-order valence-corrected chi connectivity index (χ4v) is 5.02. The highest BCUT2D eigenvalue weighted by molar-refractivity contribution is 7.80. The minimum atomic E-state index is -0.402. The Labute approximate surface area is 188 Å². The van der Waals surface area contributed by atoms with Crippen LogP contribution < -0.4 is 5.32 Å². The van der Waals surface area contributed by atoms with Gasteiger partial charge in [0.25, 0.3) is 5.89 Å². The minimum Gasteiger partial charge on any atom is -0.376 e. The van der Waals surface area contributed by atoms with Gasteiger partial charge in [-0.1, -0.05) is 23.4 Å². The second-order valence-electron chi connectivity index (χ2n) is 7.58. The lowest BCUT2D eigenvalue weighted by molar-refractivity contribution is 0.0962. The Balaban J connectivity index is 1.58. The number of hydrogen-bond acceptors (Lipinski definition) is 6. The highest BCUT2D eigenvalue weighted by Gasteiger charge is 2.35. The van der Waals surface area contributed by atoms with Crippen molar-refractivity contribution in [2.24, 2.45) is 0 Å². The van der Waals surface area contributed by atoms with Gasteiger partial charge < -0.3 is 19.5 Å². The van der Waals surface area contributed by atoms with E-state index in [1.54, 1.807) is 17.4 Å². The molecule has 2 aliphatic rings. The topological polar surface area (TPSA) is 63.4 Å². The first-order chi connectivity index (χ1) is 15.1. The van der Waals surface area contributed by atoms with E-state index in [1.165, 1.54) is 12.1 Å². The van der Waals surface area contributed by atoms with Crippen molar-refractivity contribution in [1.29, 1.82) is 0 Å². The molecule has 160 valence electrons. The zero-order chi connectivity index (χ0) is 21.4. The smallest absolute Gasteiger partial charge is 0.258 e. The fraction of sp³-hybridized carbons (Fsp3) is 0.318. The number of hydrogen-bond donors (Lipinski definition) is 1. The van der Waals surface area contributed by atoms with Crippen LogP contribution in [0.2, 0.25) is 0 Å². The van der Waals surface area contributed by atoms with Crippen molar-refractivity contribution in [3.05, 3.63) is 64.7 Å². The second kappa shape index (κ2) is 8.49. The van der Waals surface area contributed by atoms with E-state index in [0.29, 0.717) is 23.4 Å². The fourth-order valence-electron chi connectivity index (χ4n) is 4.05. The normalized spacial score (nSPS) is 21.6. The van der Waals surface area contributed by atoms with Gasteiger partial charge in [0, 0.05) is 12.3 Å². The summed E-state index contributed by atoms with van der Waals surface area (Å²) >= 11 is 7.23. The first kappa shape index (κ1) is 20.3. The lowest BCUT2D eigenvalue weighted by atomic mass is 9.94. The Hall–Kier alpha value is -2.62. The molecule has 2 unspecified atom stereocenters. The third kappa shape index (κ3) is 4.00. The average Bonchev–Trinajstić information content (AvgIpc) is 3.53. The second-order valence-corrected chi connectivity index (χ2v) is 8.92. The van der Waals surface area contributed by atoms with Gasteiger partial charge in [-0.3, -0.25) is 0 Å². The molecule has 1 N–H and O–H groups in total. The molecule has 0 radical (unpaired) electrons. The van der Waals surface area contributed by atoms with E-state index in [0.717, 1.165) is 41.2 Å². The van der Waals surface area contributed by atoms with Gasteiger partial charge in [-0.25, -0.2) is 4.39 Å². The Kier molecular flexibility index (Phi) is 5.56. The van der Waals surface area contributed by atoms with E-state index in [2.05, 4.69) is 15.5 Å². The average molecular weight is 457 g/mol. The first-order valence-corrected chi connectivity index (χ1v) is 11.4. The van der Waals surface area contributed by atoms with E-state index in [-0.39, 0.29) is 11.9 Å². The van der Waals surface area contributed by atoms with Gasteiger partial charge in [0.1, 0.15) is 5.82 Å². The monoisotopic (exact) mass is 456 g/mol. The van der Waals surface area contributed by atoms with Crippen LogP contribution in [0.3, 0.4) is 0 Å². The molecule has 6 nitrogen and oxygen atoms in total. The number of nitrogens with zero attached hydrogens (tertiary/aromatic N) is 3. The Morgan fingerprint density at radius 1 is 1.32 bits per heavy atom. The number of nitrogens with one attached hydrogen (secondary N) is 1. The van der Waals surface area contributed by atoms with Gasteiger partial charge in [0.2, 0.25) is 5.82 Å². The maximum absolute atomic E-state index is 14.0. The number of ether oxygens (including phenoxy) is 1. The molecule has 31 heavy (non-hydrogen) atoms. The summed E-state index contributed by atoms with van der Waals surface area (Å²) in [6.45, 7) is 3.40. The van der Waals surface area contributed by atoms with Crippen LogP contribution in [0.4, 0.5) is 4.39 Å². The largest absolute Gasteiger partial charge is 0.376 e. The molecule has 0 spiro atoms. The predicted octanol–water partition coefficient (Wildman–Crippen LogP) is 4.78. The summed E-state index contributed by atoms with van der Waals surface area (Å²) in [5.41, 5.74) is 2.42. The van der Waals surface area contributed by atoms with Gasteiger partial charge in [0.05, 0.1) is 29.1 Å². The van der Waals surface area contributed by atoms with Gasteiger partial charge in [-0.05, 0) is 61.1 Å². The molecule has 0 amide bonds. The summed E-state index contributed by atoms with van der Waals surface area (Å²) < 4.78 is 25.5. The van der Waals surface area contributed by atoms with E-state index < -0.39 is 6.04 Å². The standard InChI is InChI=1S/C22H21FN4O2S2/c1-13-18(21-25-20(26-29-21)17-8-4-10-31-17)19(14-5-2-6-15(23)11-14)24-22(30)27(13)12-16-7-3-9-28-16/h2,4-6,8,10-11,16,19H,3,7,9,12H2,1H3,(H,24,30). The number of thiophene rings is 1. The highest BCUT2D eigenvalue weighted by Crippen LogP contribution is 2.38. The third-order valence-corrected chi connectivity index (χ3v) is 6.79. The molecule has 2 aliphatic heterocycles. The van der Waals surface area contributed by atoms with Crippen LogP contribution in [-0.4, -0.2) is 39.4 Å². The van der Waals surface area contributed by atoms with Crippen molar-refractivity contribution >= 4 is 34.2 Å². The number of benzene rings is 1. The summed E-state index contributed by atoms with van der Waals surface area (Å²) in [6.07, 6.45) is 2.16. The molecular weight excluding hydrogens is 435 g/mol. The molecule has 1 fully saturated rings. The summed E-state index contributed by atoms with van der Waals surface area (Å²) in [4.78, 5) is 7.60. The van der Waals surface area contributed by atoms with Crippen molar-refractivity contribution in [2.45, 2.75) is 31.9 Å². The summed E-state index contributed by atoms with van der Waals surface area (Å²) in [7, 11) is 0. The van der Waals surface area contributed by atoms with Crippen LogP contribution in [0.15, 0.2) is 52.0 Å². The summed E-state index contributed by atoms with van der Waals surface area (Å²) in [5.74, 6) is 0.610. The Bertz CT molecular complexity index is 1120. The molecule has 9 heteroatoms. The maximum atomic E-state index is 14.0. The van der Waals surface area contributed by atoms with Crippen LogP contribution in [-0.2, 0) is 4.74 Å². The van der Waals surface area contributed by atoms with Crippen molar-refractivity contribution in [2.75, 3.05) is 13.2 Å². The number of thiocarbonyl (C=S) groups is 1. The SMILES string of the molecule is CC1=C(c2nc(-c3cccs3)no2)C(c2cccc(F)c2)NC(=S)N1CC1CCCO1. The van der Waals surface area contributed by atoms with Crippen molar-refractivity contribution in [1.82, 2.24) is 20.4 Å². The molecule has 0 saturated carbocycles. The van der Waals surface area contributed by atoms with E-state index >= 15 is 0 Å². The summed E-state index contributed by atoms with van der Waals surface area (Å²) in [5, 5.41) is 10.1. The van der Waals surface area contributed by atoms with Crippen LogP contribution in [0.25, 0.3) is 16.3 Å². The predicted molar refractivity (Wildman–Crippen MR) is 121 cm³/mol. The zero-order valence-corrected chi connectivity index (χ0v) is 18.5. The van der Waals surface area contributed by atoms with Crippen LogP contribution >= 0.6 is 23.6 Å². The van der Waals surface area contributed by atoms with E-state index in [1.807, 2.05) is 35.4 Å². The number of rotatable bonds is 5.